The molecule has 0 N–H and O–H groups in total. The highest BCUT2D eigenvalue weighted by atomic mass is 32.2. The van der Waals surface area contributed by atoms with Crippen molar-refractivity contribution in [3.8, 4) is 17.2 Å². The predicted octanol–water partition coefficient (Wildman–Crippen LogP) is 5.61. The van der Waals surface area contributed by atoms with Gasteiger partial charge in [-0.05, 0) is 68.9 Å². The molecule has 1 aromatic heterocycles. The second-order valence-electron chi connectivity index (χ2n) is 8.87. The molecule has 0 spiro atoms. The topological polar surface area (TPSA) is 66.1 Å². The summed E-state index contributed by atoms with van der Waals surface area (Å²) in [5.74, 6) is 0. The Morgan fingerprint density at radius 2 is 1.84 bits per heavy atom. The molecule has 1 heterocycles. The summed E-state index contributed by atoms with van der Waals surface area (Å²) in [6.45, 7) is 4.35. The van der Waals surface area contributed by atoms with E-state index in [4.69, 9.17) is 5.26 Å². The van der Waals surface area contributed by atoms with Gasteiger partial charge in [-0.3, -0.25) is 4.31 Å². The van der Waals surface area contributed by atoms with Gasteiger partial charge in [0.15, 0.2) is 0 Å². The normalized spacial score (nSPS) is 17.5. The van der Waals surface area contributed by atoms with Crippen molar-refractivity contribution in [3.63, 3.8) is 0 Å². The molecule has 0 saturated heterocycles. The number of rotatable bonds is 7. The number of aromatic nitrogens is 1. The van der Waals surface area contributed by atoms with Crippen LogP contribution in [0.25, 0.3) is 22.0 Å². The average molecular weight is 434 g/mol. The van der Waals surface area contributed by atoms with Gasteiger partial charge in [0.2, 0.25) is 10.0 Å². The highest BCUT2D eigenvalue weighted by Crippen LogP contribution is 2.43. The van der Waals surface area contributed by atoms with Crippen molar-refractivity contribution in [2.24, 2.45) is 0 Å². The molecule has 0 amide bonds. The number of fused-ring (bicyclic) bond motifs is 1. The summed E-state index contributed by atoms with van der Waals surface area (Å²) >= 11 is 0. The molecule has 0 radical (unpaired) electrons. The van der Waals surface area contributed by atoms with Crippen LogP contribution in [-0.4, -0.2) is 24.3 Å². The third kappa shape index (κ3) is 3.51. The molecule has 2 saturated carbocycles. The Morgan fingerprint density at radius 1 is 1.13 bits per heavy atom. The molecule has 3 aromatic rings. The van der Waals surface area contributed by atoms with Gasteiger partial charge < -0.3 is 4.57 Å². The first-order chi connectivity index (χ1) is 14.9. The van der Waals surface area contributed by atoms with E-state index in [1.165, 1.54) is 0 Å². The second-order valence-corrected chi connectivity index (χ2v) is 11.0. The van der Waals surface area contributed by atoms with Gasteiger partial charge in [-0.25, -0.2) is 8.42 Å². The van der Waals surface area contributed by atoms with E-state index in [2.05, 4.69) is 42.8 Å². The van der Waals surface area contributed by atoms with Crippen molar-refractivity contribution in [1.82, 2.24) is 4.57 Å². The summed E-state index contributed by atoms with van der Waals surface area (Å²) in [7, 11) is -3.28. The largest absolute Gasteiger partial charge is 0.344 e. The van der Waals surface area contributed by atoms with E-state index in [1.807, 2.05) is 30.3 Å². The minimum Gasteiger partial charge on any atom is -0.344 e. The van der Waals surface area contributed by atoms with Crippen molar-refractivity contribution in [2.45, 2.75) is 63.3 Å². The lowest BCUT2D eigenvalue weighted by atomic mass is 10.0. The van der Waals surface area contributed by atoms with E-state index in [9.17, 15) is 8.42 Å². The Labute approximate surface area is 184 Å². The van der Waals surface area contributed by atoms with E-state index in [-0.39, 0.29) is 11.3 Å². The van der Waals surface area contributed by atoms with Crippen LogP contribution in [0.5, 0.6) is 0 Å². The summed E-state index contributed by atoms with van der Waals surface area (Å²) in [4.78, 5) is 0. The monoisotopic (exact) mass is 433 g/mol. The Kier molecular flexibility index (Phi) is 4.82. The van der Waals surface area contributed by atoms with Crippen molar-refractivity contribution in [3.05, 3.63) is 54.2 Å². The Hall–Kier alpha value is -2.78. The number of benzene rings is 2. The average Bonchev–Trinajstić information content (AvgIpc) is 3.70. The number of nitriles is 1. The lowest BCUT2D eigenvalue weighted by molar-refractivity contribution is 0.548. The van der Waals surface area contributed by atoms with Crippen molar-refractivity contribution < 1.29 is 8.42 Å². The zero-order valence-corrected chi connectivity index (χ0v) is 18.8. The van der Waals surface area contributed by atoms with Crippen LogP contribution < -0.4 is 4.31 Å². The minimum atomic E-state index is -3.28. The van der Waals surface area contributed by atoms with E-state index in [0.717, 1.165) is 59.8 Å². The highest BCUT2D eigenvalue weighted by Gasteiger charge is 2.46. The number of nitrogens with zero attached hydrogens (tertiary/aromatic N) is 3. The second kappa shape index (κ2) is 7.42. The molecule has 2 fully saturated rings. The van der Waals surface area contributed by atoms with Crippen LogP contribution in [0.3, 0.4) is 0 Å². The number of anilines is 1. The van der Waals surface area contributed by atoms with Crippen LogP contribution in [0.15, 0.2) is 48.7 Å². The van der Waals surface area contributed by atoms with Crippen LogP contribution in [0, 0.1) is 11.3 Å². The SMILES string of the molecule is CC[C@@H](C)n1cc(-c2ccc(C#N)cc2)c2ccc(N(C3CC3)S(=O)(=O)C3CC3)cc21. The standard InChI is InChI=1S/C25H27N3O2S/c1-3-17(2)27-16-24(19-6-4-18(15-26)5-7-19)23-13-10-21(14-25(23)27)28(20-8-9-20)31(29,30)22-11-12-22/h4-7,10,13-14,16-17,20,22H,3,8-9,11-12H2,1-2H3/t17-/m1/s1. The maximum absolute atomic E-state index is 13.2. The van der Waals surface area contributed by atoms with Gasteiger partial charge in [-0.15, -0.1) is 0 Å². The predicted molar refractivity (Wildman–Crippen MR) is 125 cm³/mol. The molecule has 0 aliphatic heterocycles. The first kappa shape index (κ1) is 20.1. The first-order valence-corrected chi connectivity index (χ1v) is 12.6. The summed E-state index contributed by atoms with van der Waals surface area (Å²) in [6.07, 6.45) is 6.58. The summed E-state index contributed by atoms with van der Waals surface area (Å²) in [6, 6.07) is 16.3. The highest BCUT2D eigenvalue weighted by molar-refractivity contribution is 7.93. The summed E-state index contributed by atoms with van der Waals surface area (Å²) in [5.41, 5.74) is 4.65. The van der Waals surface area contributed by atoms with Crippen molar-refractivity contribution in [1.29, 1.82) is 5.26 Å². The molecule has 160 valence electrons. The lowest BCUT2D eigenvalue weighted by Gasteiger charge is -2.25. The molecule has 0 bridgehead atoms. The third-order valence-corrected chi connectivity index (χ3v) is 8.93. The molecular weight excluding hydrogens is 406 g/mol. The third-order valence-electron chi connectivity index (χ3n) is 6.56. The van der Waals surface area contributed by atoms with Gasteiger partial charge in [0.05, 0.1) is 28.1 Å². The fourth-order valence-corrected chi connectivity index (χ4v) is 6.38. The van der Waals surface area contributed by atoms with Gasteiger partial charge in [0.1, 0.15) is 0 Å². The van der Waals surface area contributed by atoms with Crippen LogP contribution in [-0.2, 0) is 10.0 Å². The number of hydrogen-bond acceptors (Lipinski definition) is 3. The molecule has 2 aliphatic carbocycles. The molecule has 5 rings (SSSR count). The fraction of sp³-hybridized carbons (Fsp3) is 0.400. The van der Waals surface area contributed by atoms with E-state index in [0.29, 0.717) is 11.6 Å². The molecule has 0 unspecified atom stereocenters. The Balaban J connectivity index is 1.66. The zero-order valence-electron chi connectivity index (χ0n) is 18.0. The zero-order chi connectivity index (χ0) is 21.8. The Morgan fingerprint density at radius 3 is 2.42 bits per heavy atom. The minimum absolute atomic E-state index is 0.105. The van der Waals surface area contributed by atoms with Gasteiger partial charge in [-0.1, -0.05) is 25.1 Å². The van der Waals surface area contributed by atoms with E-state index >= 15 is 0 Å². The van der Waals surface area contributed by atoms with Crippen molar-refractivity contribution in [2.75, 3.05) is 4.31 Å². The molecule has 2 aliphatic rings. The first-order valence-electron chi connectivity index (χ1n) is 11.1. The lowest BCUT2D eigenvalue weighted by Crippen LogP contribution is -2.35. The van der Waals surface area contributed by atoms with Gasteiger partial charge in [-0.2, -0.15) is 5.26 Å². The number of hydrogen-bond donors (Lipinski definition) is 0. The van der Waals surface area contributed by atoms with Gasteiger partial charge >= 0.3 is 0 Å². The van der Waals surface area contributed by atoms with Gasteiger partial charge in [0, 0.05) is 29.2 Å². The maximum atomic E-state index is 13.2. The number of sulfonamides is 1. The smallest absolute Gasteiger partial charge is 0.238 e. The summed E-state index contributed by atoms with van der Waals surface area (Å²) in [5, 5.41) is 10.0. The fourth-order valence-electron chi connectivity index (χ4n) is 4.29. The van der Waals surface area contributed by atoms with Gasteiger partial charge in [0.25, 0.3) is 0 Å². The Bertz CT molecular complexity index is 1280. The van der Waals surface area contributed by atoms with Crippen LogP contribution in [0.1, 0.15) is 57.6 Å². The van der Waals surface area contributed by atoms with Crippen molar-refractivity contribution >= 4 is 26.6 Å². The molecular formula is C25H27N3O2S. The molecule has 5 nitrogen and oxygen atoms in total. The van der Waals surface area contributed by atoms with E-state index in [1.54, 1.807) is 4.31 Å². The quantitative estimate of drug-likeness (QED) is 0.486. The summed E-state index contributed by atoms with van der Waals surface area (Å²) < 4.78 is 30.3. The molecule has 31 heavy (non-hydrogen) atoms. The molecule has 2 aromatic carbocycles. The molecule has 6 heteroatoms. The van der Waals surface area contributed by atoms with Crippen LogP contribution in [0.2, 0.25) is 0 Å². The molecule has 1 atom stereocenters. The maximum Gasteiger partial charge on any atom is 0.238 e. The van der Waals surface area contributed by atoms with E-state index < -0.39 is 10.0 Å². The van der Waals surface area contributed by atoms with Crippen LogP contribution in [0.4, 0.5) is 5.69 Å². The van der Waals surface area contributed by atoms with Crippen LogP contribution >= 0.6 is 0 Å².